The lowest BCUT2D eigenvalue weighted by Crippen LogP contribution is -2.45. The van der Waals surface area contributed by atoms with Crippen molar-refractivity contribution >= 4 is 28.5 Å². The number of aromatic nitrogens is 4. The van der Waals surface area contributed by atoms with Crippen molar-refractivity contribution in [3.8, 4) is 17.8 Å². The molecule has 0 atom stereocenters. The zero-order valence-electron chi connectivity index (χ0n) is 19.7. The highest BCUT2D eigenvalue weighted by atomic mass is 19.4. The predicted molar refractivity (Wildman–Crippen MR) is 131 cm³/mol. The maximum Gasteiger partial charge on any atom is 0.417 e. The smallest absolute Gasteiger partial charge is 0.417 e. The molecule has 1 aliphatic rings. The first-order valence-electron chi connectivity index (χ1n) is 11.4. The molecule has 0 unspecified atom stereocenters. The van der Waals surface area contributed by atoms with Crippen LogP contribution in [0.4, 0.5) is 30.8 Å². The molecule has 188 valence electrons. The highest BCUT2D eigenvalue weighted by Gasteiger charge is 2.34. The number of hydrogen-bond donors (Lipinski definition) is 1. The number of hydrogen-bond acceptors (Lipinski definition) is 9. The van der Waals surface area contributed by atoms with Gasteiger partial charge >= 0.3 is 12.2 Å². The molecular weight excluding hydrogens is 485 g/mol. The molecule has 37 heavy (non-hydrogen) atoms. The maximum absolute atomic E-state index is 13.5. The molecule has 2 aromatic heterocycles. The van der Waals surface area contributed by atoms with E-state index in [2.05, 4.69) is 30.2 Å². The number of anilines is 3. The van der Waals surface area contributed by atoms with E-state index in [1.807, 2.05) is 36.2 Å². The Balaban J connectivity index is 1.52. The average Bonchev–Trinajstić information content (AvgIpc) is 2.89. The number of para-hydroxylation sites is 1. The molecule has 0 amide bonds. The number of likely N-dealkylation sites (N-methyl/N-ethyl adjacent to an activating group) is 1. The zero-order valence-corrected chi connectivity index (χ0v) is 19.7. The Hall–Kier alpha value is -4.50. The number of benzene rings is 2. The summed E-state index contributed by atoms with van der Waals surface area (Å²) >= 11 is 0. The van der Waals surface area contributed by atoms with Gasteiger partial charge in [-0.25, -0.2) is 0 Å². The second-order valence-corrected chi connectivity index (χ2v) is 8.46. The van der Waals surface area contributed by atoms with Gasteiger partial charge in [0.15, 0.2) is 5.75 Å². The first-order valence-corrected chi connectivity index (χ1v) is 11.4. The molecule has 4 aromatic rings. The number of halogens is 3. The topological polar surface area (TPSA) is 103 Å². The normalized spacial score (nSPS) is 14.4. The van der Waals surface area contributed by atoms with Gasteiger partial charge in [-0.3, -0.25) is 4.98 Å². The molecule has 9 nitrogen and oxygen atoms in total. The Kier molecular flexibility index (Phi) is 6.45. The molecular formula is C25H21F3N8O. The summed E-state index contributed by atoms with van der Waals surface area (Å²) in [4.78, 5) is 21.7. The van der Waals surface area contributed by atoms with Gasteiger partial charge in [0.05, 0.1) is 17.2 Å². The lowest BCUT2D eigenvalue weighted by molar-refractivity contribution is -0.137. The van der Waals surface area contributed by atoms with Crippen molar-refractivity contribution in [3.63, 3.8) is 0 Å². The third-order valence-electron chi connectivity index (χ3n) is 5.89. The molecule has 3 heterocycles. The number of rotatable bonds is 5. The summed E-state index contributed by atoms with van der Waals surface area (Å²) in [6.07, 6.45) is -3.04. The van der Waals surface area contributed by atoms with Crippen molar-refractivity contribution in [2.24, 2.45) is 0 Å². The number of nitrogens with zero attached hydrogens (tertiary/aromatic N) is 7. The van der Waals surface area contributed by atoms with Crippen molar-refractivity contribution < 1.29 is 17.9 Å². The molecule has 0 saturated carbocycles. The van der Waals surface area contributed by atoms with Crippen LogP contribution >= 0.6 is 0 Å². The van der Waals surface area contributed by atoms with Crippen molar-refractivity contribution in [3.05, 3.63) is 65.9 Å². The lowest BCUT2D eigenvalue weighted by Gasteiger charge is -2.32. The Morgan fingerprint density at radius 3 is 2.54 bits per heavy atom. The summed E-state index contributed by atoms with van der Waals surface area (Å²) < 4.78 is 46.4. The van der Waals surface area contributed by atoms with E-state index < -0.39 is 17.3 Å². The van der Waals surface area contributed by atoms with Crippen molar-refractivity contribution in [1.29, 1.82) is 5.26 Å². The van der Waals surface area contributed by atoms with E-state index >= 15 is 0 Å². The van der Waals surface area contributed by atoms with E-state index in [0.717, 1.165) is 30.6 Å². The molecule has 1 fully saturated rings. The summed E-state index contributed by atoms with van der Waals surface area (Å²) in [5.41, 5.74) is -0.839. The van der Waals surface area contributed by atoms with Crippen molar-refractivity contribution in [2.75, 3.05) is 43.4 Å². The molecule has 1 aliphatic heterocycles. The molecule has 0 bridgehead atoms. The van der Waals surface area contributed by atoms with Gasteiger partial charge in [0.1, 0.15) is 5.52 Å². The largest absolute Gasteiger partial charge is 0.422 e. The number of piperazine rings is 1. The number of ether oxygens (including phenoxy) is 1. The first kappa shape index (κ1) is 24.2. The highest BCUT2D eigenvalue weighted by Crippen LogP contribution is 2.34. The molecule has 1 N–H and O–H groups in total. The fraction of sp³-hybridized carbons (Fsp3) is 0.240. The zero-order chi connectivity index (χ0) is 26.0. The van der Waals surface area contributed by atoms with Gasteiger partial charge < -0.3 is 19.9 Å². The second-order valence-electron chi connectivity index (χ2n) is 8.46. The minimum Gasteiger partial charge on any atom is -0.422 e. The average molecular weight is 506 g/mol. The van der Waals surface area contributed by atoms with Gasteiger partial charge in [-0.05, 0) is 37.4 Å². The van der Waals surface area contributed by atoms with Crippen LogP contribution < -0.4 is 15.0 Å². The number of nitriles is 1. The van der Waals surface area contributed by atoms with Crippen LogP contribution in [0.5, 0.6) is 11.8 Å². The Bertz CT molecular complexity index is 1470. The van der Waals surface area contributed by atoms with Gasteiger partial charge in [0.25, 0.3) is 0 Å². The Morgan fingerprint density at radius 2 is 1.78 bits per heavy atom. The minimum absolute atomic E-state index is 0.00459. The molecule has 0 radical (unpaired) electrons. The molecule has 12 heteroatoms. The van der Waals surface area contributed by atoms with Crippen LogP contribution in [0.3, 0.4) is 0 Å². The van der Waals surface area contributed by atoms with Gasteiger partial charge in [0, 0.05) is 43.4 Å². The van der Waals surface area contributed by atoms with Gasteiger partial charge in [-0.15, -0.1) is 0 Å². The Morgan fingerprint density at radius 1 is 1.00 bits per heavy atom. The van der Waals surface area contributed by atoms with E-state index in [-0.39, 0.29) is 17.6 Å². The predicted octanol–water partition coefficient (Wildman–Crippen LogP) is 4.60. The molecule has 1 saturated heterocycles. The van der Waals surface area contributed by atoms with Crippen LogP contribution in [0.1, 0.15) is 11.1 Å². The van der Waals surface area contributed by atoms with Crippen LogP contribution in [-0.4, -0.2) is 58.1 Å². The van der Waals surface area contributed by atoms with Crippen LogP contribution in [0, 0.1) is 11.3 Å². The number of fused-ring (bicyclic) bond motifs is 1. The van der Waals surface area contributed by atoms with Crippen molar-refractivity contribution in [2.45, 2.75) is 6.18 Å². The quantitative estimate of drug-likeness (QED) is 0.416. The van der Waals surface area contributed by atoms with E-state index in [4.69, 9.17) is 10.00 Å². The first-order chi connectivity index (χ1) is 17.8. The second kappa shape index (κ2) is 9.87. The fourth-order valence-electron chi connectivity index (χ4n) is 3.94. The van der Waals surface area contributed by atoms with E-state index in [0.29, 0.717) is 30.3 Å². The minimum atomic E-state index is -4.69. The third-order valence-corrected chi connectivity index (χ3v) is 5.89. The molecule has 0 aliphatic carbocycles. The third kappa shape index (κ3) is 5.36. The van der Waals surface area contributed by atoms with E-state index in [9.17, 15) is 13.2 Å². The summed E-state index contributed by atoms with van der Waals surface area (Å²) in [6, 6.07) is 14.0. The fourth-order valence-corrected chi connectivity index (χ4v) is 3.94. The Labute approximate surface area is 210 Å². The van der Waals surface area contributed by atoms with Crippen molar-refractivity contribution in [1.82, 2.24) is 24.8 Å². The van der Waals surface area contributed by atoms with E-state index in [1.54, 1.807) is 18.3 Å². The molecule has 2 aromatic carbocycles. The van der Waals surface area contributed by atoms with Crippen LogP contribution in [0.2, 0.25) is 0 Å². The molecule has 5 rings (SSSR count). The number of pyridine rings is 1. The summed E-state index contributed by atoms with van der Waals surface area (Å²) in [6.45, 7) is 2.90. The summed E-state index contributed by atoms with van der Waals surface area (Å²) in [7, 11) is 2.02. The lowest BCUT2D eigenvalue weighted by atomic mass is 10.1. The van der Waals surface area contributed by atoms with Crippen LogP contribution in [0.15, 0.2) is 54.7 Å². The molecule has 0 spiro atoms. The van der Waals surface area contributed by atoms with E-state index in [1.165, 1.54) is 6.07 Å². The maximum atomic E-state index is 13.5. The number of nitrogens with one attached hydrogen (secondary N) is 1. The van der Waals surface area contributed by atoms with Gasteiger partial charge in [-0.2, -0.15) is 33.4 Å². The summed E-state index contributed by atoms with van der Waals surface area (Å²) in [5, 5.41) is 12.8. The SMILES string of the molecule is CN1CCN(c2nc(Nc3ccc(C#N)c(C(F)(F)F)c3)nc(Oc3cccc4cccnc34)n2)CC1. The van der Waals surface area contributed by atoms with Gasteiger partial charge in [-0.1, -0.05) is 18.2 Å². The van der Waals surface area contributed by atoms with Gasteiger partial charge in [0.2, 0.25) is 11.9 Å². The highest BCUT2D eigenvalue weighted by molar-refractivity contribution is 5.84. The van der Waals surface area contributed by atoms with Crippen LogP contribution in [0.25, 0.3) is 10.9 Å². The number of alkyl halides is 3. The standard InChI is InChI=1S/C25H21F3N8O/c1-35-10-12-36(13-11-35)23-32-22(31-18-8-7-17(15-29)19(14-18)25(26,27)28)33-24(34-23)37-20-6-2-4-16-5-3-9-30-21(16)20/h2-9,14H,10-13H2,1H3,(H,31,32,33,34). The van der Waals surface area contributed by atoms with Crippen LogP contribution in [-0.2, 0) is 6.18 Å². The monoisotopic (exact) mass is 506 g/mol. The summed E-state index contributed by atoms with van der Waals surface area (Å²) in [5.74, 6) is 0.765.